The predicted octanol–water partition coefficient (Wildman–Crippen LogP) is 3.37. The summed E-state index contributed by atoms with van der Waals surface area (Å²) in [5.74, 6) is -0.379. The van der Waals surface area contributed by atoms with E-state index in [0.717, 1.165) is 17.1 Å². The van der Waals surface area contributed by atoms with Gasteiger partial charge >= 0.3 is 0 Å². The molecule has 0 fully saturated rings. The number of carbonyl (C=O) groups excluding carboxylic acids is 1. The van der Waals surface area contributed by atoms with E-state index in [1.807, 2.05) is 12.1 Å². The number of alkyl halides is 1. The third kappa shape index (κ3) is 3.13. The van der Waals surface area contributed by atoms with Gasteiger partial charge in [0.25, 0.3) is 5.91 Å². The van der Waals surface area contributed by atoms with Gasteiger partial charge in [-0.25, -0.2) is 9.37 Å². The molecule has 0 aliphatic heterocycles. The number of aromatic nitrogens is 1. The Morgan fingerprint density at radius 3 is 2.50 bits per heavy atom. The molecule has 3 nitrogen and oxygen atoms in total. The van der Waals surface area contributed by atoms with Gasteiger partial charge in [-0.05, 0) is 29.8 Å². The van der Waals surface area contributed by atoms with Crippen LogP contribution in [0.1, 0.15) is 15.9 Å². The van der Waals surface area contributed by atoms with Gasteiger partial charge in [-0.15, -0.1) is 0 Å². The number of nitrogens with zero attached hydrogens (tertiary/aromatic N) is 1. The maximum Gasteiger partial charge on any atom is 0.256 e. The van der Waals surface area contributed by atoms with Crippen molar-refractivity contribution in [1.82, 2.24) is 4.98 Å². The fraction of sp³-hybridized carbons (Fsp3) is 0.0769. The Hall–Kier alpha value is -1.75. The third-order valence-corrected chi connectivity index (χ3v) is 2.99. The molecule has 1 aromatic carbocycles. The molecule has 1 aromatic heterocycles. The molecule has 0 aliphatic rings. The largest absolute Gasteiger partial charge is 0.307 e. The lowest BCUT2D eigenvalue weighted by Crippen LogP contribution is -2.12. The second-order valence-corrected chi connectivity index (χ2v) is 4.21. The monoisotopic (exact) mass is 308 g/mol. The van der Waals surface area contributed by atoms with Crippen LogP contribution in [-0.2, 0) is 5.33 Å². The first kappa shape index (κ1) is 12.7. The minimum Gasteiger partial charge on any atom is -0.307 e. The van der Waals surface area contributed by atoms with Gasteiger partial charge in [0, 0.05) is 10.9 Å². The van der Waals surface area contributed by atoms with Crippen LogP contribution in [0.3, 0.4) is 0 Å². The van der Waals surface area contributed by atoms with E-state index in [-0.39, 0.29) is 5.91 Å². The van der Waals surface area contributed by atoms with E-state index in [2.05, 4.69) is 26.2 Å². The van der Waals surface area contributed by atoms with Crippen molar-refractivity contribution in [2.75, 3.05) is 5.32 Å². The van der Waals surface area contributed by atoms with Crippen molar-refractivity contribution >= 4 is 27.7 Å². The molecule has 0 radical (unpaired) electrons. The minimum atomic E-state index is -0.435. The highest BCUT2D eigenvalue weighted by molar-refractivity contribution is 9.08. The number of hydrogen-bond acceptors (Lipinski definition) is 2. The molecule has 2 rings (SSSR count). The number of pyridine rings is 1. The molecule has 1 N–H and O–H groups in total. The standard InChI is InChI=1S/C13H10BrFN2O/c14-7-9-1-3-10(4-2-9)13(18)17-12-6-5-11(15)8-16-12/h1-6,8H,7H2,(H,16,17,18). The molecular formula is C13H10BrFN2O. The van der Waals surface area contributed by atoms with Gasteiger partial charge in [-0.3, -0.25) is 4.79 Å². The summed E-state index contributed by atoms with van der Waals surface area (Å²) >= 11 is 3.33. The van der Waals surface area contributed by atoms with Crippen LogP contribution in [0.15, 0.2) is 42.6 Å². The Bertz CT molecular complexity index is 540. The van der Waals surface area contributed by atoms with Gasteiger partial charge in [0.1, 0.15) is 11.6 Å². The van der Waals surface area contributed by atoms with Crippen molar-refractivity contribution < 1.29 is 9.18 Å². The lowest BCUT2D eigenvalue weighted by Gasteiger charge is -2.04. The van der Waals surface area contributed by atoms with E-state index in [1.54, 1.807) is 12.1 Å². The topological polar surface area (TPSA) is 42.0 Å². The van der Waals surface area contributed by atoms with Crippen molar-refractivity contribution in [2.24, 2.45) is 0 Å². The molecule has 0 atom stereocenters. The van der Waals surface area contributed by atoms with Crippen molar-refractivity contribution in [2.45, 2.75) is 5.33 Å². The minimum absolute atomic E-state index is 0.268. The van der Waals surface area contributed by atoms with Crippen LogP contribution >= 0.6 is 15.9 Å². The second kappa shape index (κ2) is 5.73. The Labute approximate surface area is 112 Å². The van der Waals surface area contributed by atoms with Gasteiger partial charge in [-0.1, -0.05) is 28.1 Å². The quantitative estimate of drug-likeness (QED) is 0.883. The molecule has 0 saturated heterocycles. The highest BCUT2D eigenvalue weighted by Gasteiger charge is 2.06. The van der Waals surface area contributed by atoms with Crippen LogP contribution in [0.4, 0.5) is 10.2 Å². The molecule has 0 spiro atoms. The van der Waals surface area contributed by atoms with E-state index in [9.17, 15) is 9.18 Å². The maximum absolute atomic E-state index is 12.7. The average molecular weight is 309 g/mol. The summed E-state index contributed by atoms with van der Waals surface area (Å²) in [6.07, 6.45) is 1.06. The van der Waals surface area contributed by atoms with Crippen LogP contribution in [0.2, 0.25) is 0 Å². The molecule has 0 unspecified atom stereocenters. The average Bonchev–Trinajstić information content (AvgIpc) is 2.41. The normalized spacial score (nSPS) is 10.1. The summed E-state index contributed by atoms with van der Waals surface area (Å²) in [6, 6.07) is 9.85. The van der Waals surface area contributed by atoms with Crippen molar-refractivity contribution in [1.29, 1.82) is 0 Å². The van der Waals surface area contributed by atoms with E-state index in [0.29, 0.717) is 11.4 Å². The molecule has 18 heavy (non-hydrogen) atoms. The second-order valence-electron chi connectivity index (χ2n) is 3.65. The number of carbonyl (C=O) groups is 1. The highest BCUT2D eigenvalue weighted by atomic mass is 79.9. The summed E-state index contributed by atoms with van der Waals surface area (Å²) in [5.41, 5.74) is 1.62. The van der Waals surface area contributed by atoms with Gasteiger partial charge in [0.2, 0.25) is 0 Å². The smallest absolute Gasteiger partial charge is 0.256 e. The Kier molecular flexibility index (Phi) is 4.04. The summed E-state index contributed by atoms with van der Waals surface area (Å²) in [5, 5.41) is 3.34. The predicted molar refractivity (Wildman–Crippen MR) is 71.2 cm³/mol. The van der Waals surface area contributed by atoms with E-state index in [1.165, 1.54) is 12.1 Å². The van der Waals surface area contributed by atoms with Gasteiger partial charge in [0.15, 0.2) is 0 Å². The molecule has 1 heterocycles. The summed E-state index contributed by atoms with van der Waals surface area (Å²) in [4.78, 5) is 15.6. The molecule has 0 aliphatic carbocycles. The van der Waals surface area contributed by atoms with Gasteiger partial charge < -0.3 is 5.32 Å². The number of amides is 1. The Morgan fingerprint density at radius 1 is 1.22 bits per heavy atom. The summed E-state index contributed by atoms with van der Waals surface area (Å²) < 4.78 is 12.7. The summed E-state index contributed by atoms with van der Waals surface area (Å²) in [6.45, 7) is 0. The molecule has 92 valence electrons. The fourth-order valence-corrected chi connectivity index (χ4v) is 1.76. The molecule has 0 saturated carbocycles. The first-order valence-corrected chi connectivity index (χ1v) is 6.39. The van der Waals surface area contributed by atoms with E-state index < -0.39 is 5.82 Å². The number of hydrogen-bond donors (Lipinski definition) is 1. The summed E-state index contributed by atoms with van der Waals surface area (Å²) in [7, 11) is 0. The number of nitrogens with one attached hydrogen (secondary N) is 1. The number of rotatable bonds is 3. The van der Waals surface area contributed by atoms with Crippen LogP contribution in [0.5, 0.6) is 0 Å². The number of anilines is 1. The molecular weight excluding hydrogens is 299 g/mol. The number of halogens is 2. The molecule has 0 bridgehead atoms. The molecule has 2 aromatic rings. The van der Waals surface area contributed by atoms with Crippen LogP contribution < -0.4 is 5.32 Å². The van der Waals surface area contributed by atoms with Gasteiger partial charge in [0.05, 0.1) is 6.20 Å². The van der Waals surface area contributed by atoms with E-state index in [4.69, 9.17) is 0 Å². The zero-order chi connectivity index (χ0) is 13.0. The van der Waals surface area contributed by atoms with Crippen molar-refractivity contribution in [3.05, 3.63) is 59.5 Å². The van der Waals surface area contributed by atoms with Crippen LogP contribution in [0, 0.1) is 5.82 Å². The first-order valence-electron chi connectivity index (χ1n) is 5.27. The first-order chi connectivity index (χ1) is 8.69. The Morgan fingerprint density at radius 2 is 1.94 bits per heavy atom. The zero-order valence-corrected chi connectivity index (χ0v) is 10.9. The zero-order valence-electron chi connectivity index (χ0n) is 9.36. The number of benzene rings is 1. The Balaban J connectivity index is 2.09. The van der Waals surface area contributed by atoms with Gasteiger partial charge in [-0.2, -0.15) is 0 Å². The van der Waals surface area contributed by atoms with Crippen LogP contribution in [0.25, 0.3) is 0 Å². The SMILES string of the molecule is O=C(Nc1ccc(F)cn1)c1ccc(CBr)cc1. The molecule has 5 heteroatoms. The van der Waals surface area contributed by atoms with E-state index >= 15 is 0 Å². The van der Waals surface area contributed by atoms with Crippen molar-refractivity contribution in [3.63, 3.8) is 0 Å². The fourth-order valence-electron chi connectivity index (χ4n) is 1.38. The highest BCUT2D eigenvalue weighted by Crippen LogP contribution is 2.10. The van der Waals surface area contributed by atoms with Crippen LogP contribution in [-0.4, -0.2) is 10.9 Å². The third-order valence-electron chi connectivity index (χ3n) is 2.34. The maximum atomic E-state index is 12.7. The lowest BCUT2D eigenvalue weighted by molar-refractivity contribution is 0.102. The van der Waals surface area contributed by atoms with Crippen molar-refractivity contribution in [3.8, 4) is 0 Å². The molecule has 1 amide bonds. The lowest BCUT2D eigenvalue weighted by atomic mass is 10.1.